The predicted octanol–water partition coefficient (Wildman–Crippen LogP) is 3.74. The summed E-state index contributed by atoms with van der Waals surface area (Å²) in [6.07, 6.45) is 0.272. The first-order valence-corrected chi connectivity index (χ1v) is 11.2. The molecule has 0 saturated carbocycles. The molecule has 0 unspecified atom stereocenters. The number of hydrogen-bond donors (Lipinski definition) is 0. The maximum atomic E-state index is 13.4. The zero-order chi connectivity index (χ0) is 25.1. The Labute approximate surface area is 202 Å². The van der Waals surface area contributed by atoms with Crippen molar-refractivity contribution in [1.29, 1.82) is 0 Å². The monoisotopic (exact) mass is 481 g/mol. The molecule has 0 fully saturated rings. The number of carbonyl (C=O) groups excluding carboxylic acids is 2. The Morgan fingerprint density at radius 2 is 1.86 bits per heavy atom. The minimum atomic E-state index is -0.915. The number of carbonyl (C=O) groups is 2. The van der Waals surface area contributed by atoms with Crippen LogP contribution in [0, 0.1) is 5.92 Å². The Balaban J connectivity index is 1.90. The zero-order valence-electron chi connectivity index (χ0n) is 20.0. The number of Topliss-reactive ketones (excluding diaryl/α,β-unsaturated/α-hetero) is 1. The van der Waals surface area contributed by atoms with E-state index in [0.717, 1.165) is 6.21 Å². The fraction of sp³-hybridized carbons (Fsp3) is 0.400. The van der Waals surface area contributed by atoms with E-state index in [1.54, 1.807) is 30.3 Å². The lowest BCUT2D eigenvalue weighted by Gasteiger charge is -2.41. The van der Waals surface area contributed by atoms with E-state index in [9.17, 15) is 9.59 Å². The van der Waals surface area contributed by atoms with Crippen LogP contribution in [0.5, 0.6) is 23.0 Å². The van der Waals surface area contributed by atoms with Crippen LogP contribution in [0.3, 0.4) is 0 Å². The molecule has 0 bridgehead atoms. The topological polar surface area (TPSA) is 120 Å². The standard InChI is InChI=1S/C25H27N3O7/c1-14(2)12-33-25(30)28-11-16-8-20(31-3)21(32-4)9-17(16)23(18(29)10-27-26)24(28)15-5-6-19-22(7-15)35-13-34-19/h5-10,14,23-24H,11-13H2,1-4H3/t23-,24-/m0/s1. The van der Waals surface area contributed by atoms with Gasteiger partial charge >= 0.3 is 12.3 Å². The molecule has 10 nitrogen and oxygen atoms in total. The number of hydrogen-bond acceptors (Lipinski definition) is 7. The van der Waals surface area contributed by atoms with Gasteiger partial charge in [-0.3, -0.25) is 9.69 Å². The Hall–Kier alpha value is -4.04. The van der Waals surface area contributed by atoms with Crippen LogP contribution in [0.4, 0.5) is 4.79 Å². The molecular formula is C25H27N3O7. The van der Waals surface area contributed by atoms with Gasteiger partial charge in [0.15, 0.2) is 23.0 Å². The molecule has 10 heteroatoms. The van der Waals surface area contributed by atoms with Crippen molar-refractivity contribution in [2.75, 3.05) is 27.6 Å². The number of ketones is 1. The number of ether oxygens (including phenoxy) is 5. The lowest BCUT2D eigenvalue weighted by atomic mass is 9.77. The van der Waals surface area contributed by atoms with E-state index >= 15 is 0 Å². The second kappa shape index (κ2) is 10.1. The molecule has 1 amide bonds. The lowest BCUT2D eigenvalue weighted by molar-refractivity contribution is -0.119. The molecule has 2 atom stereocenters. The SMILES string of the molecule is COc1cc2c(cc1OC)[C@@H](C(=O)C=[N+]=[N-])[C@H](c1ccc3c(c1)OCO3)N(C(=O)OCC(C)C)C2. The van der Waals surface area contributed by atoms with Crippen LogP contribution < -0.4 is 18.9 Å². The molecule has 2 aliphatic rings. The van der Waals surface area contributed by atoms with Gasteiger partial charge in [-0.05, 0) is 46.9 Å². The van der Waals surface area contributed by atoms with E-state index in [2.05, 4.69) is 4.79 Å². The first-order chi connectivity index (χ1) is 16.9. The summed E-state index contributed by atoms with van der Waals surface area (Å²) >= 11 is 0. The van der Waals surface area contributed by atoms with E-state index in [-0.39, 0.29) is 25.9 Å². The van der Waals surface area contributed by atoms with E-state index in [0.29, 0.717) is 39.7 Å². The minimum Gasteiger partial charge on any atom is -0.493 e. The van der Waals surface area contributed by atoms with Gasteiger partial charge in [0.1, 0.15) is 0 Å². The number of amides is 1. The average molecular weight is 482 g/mol. The van der Waals surface area contributed by atoms with Crippen molar-refractivity contribution < 1.29 is 38.1 Å². The molecule has 0 aromatic heterocycles. The summed E-state index contributed by atoms with van der Waals surface area (Å²) in [6.45, 7) is 4.35. The third-order valence-corrected chi connectivity index (χ3v) is 5.98. The van der Waals surface area contributed by atoms with Gasteiger partial charge in [0.05, 0.1) is 39.3 Å². The summed E-state index contributed by atoms with van der Waals surface area (Å²) in [5.74, 6) is 0.702. The normalized spacial score (nSPS) is 17.9. The third-order valence-electron chi connectivity index (χ3n) is 5.98. The Morgan fingerprint density at radius 1 is 1.14 bits per heavy atom. The molecule has 35 heavy (non-hydrogen) atoms. The Kier molecular flexibility index (Phi) is 6.93. The van der Waals surface area contributed by atoms with Crippen molar-refractivity contribution in [1.82, 2.24) is 4.90 Å². The summed E-state index contributed by atoms with van der Waals surface area (Å²) in [4.78, 5) is 31.1. The van der Waals surface area contributed by atoms with E-state index in [1.807, 2.05) is 13.8 Å². The van der Waals surface area contributed by atoms with Crippen LogP contribution in [-0.4, -0.2) is 55.4 Å². The molecule has 4 rings (SSSR count). The molecule has 0 spiro atoms. The van der Waals surface area contributed by atoms with Crippen LogP contribution in [0.1, 0.15) is 42.5 Å². The van der Waals surface area contributed by atoms with Gasteiger partial charge in [-0.1, -0.05) is 19.9 Å². The summed E-state index contributed by atoms with van der Waals surface area (Å²) in [5, 5.41) is 0. The summed E-state index contributed by atoms with van der Waals surface area (Å²) in [5.41, 5.74) is 11.1. The highest BCUT2D eigenvalue weighted by atomic mass is 16.7. The minimum absolute atomic E-state index is 0.0863. The van der Waals surface area contributed by atoms with Gasteiger partial charge in [-0.25, -0.2) is 4.79 Å². The van der Waals surface area contributed by atoms with Crippen LogP contribution in [0.15, 0.2) is 30.3 Å². The smallest absolute Gasteiger partial charge is 0.410 e. The van der Waals surface area contributed by atoms with Crippen molar-refractivity contribution in [3.63, 3.8) is 0 Å². The third kappa shape index (κ3) is 4.65. The van der Waals surface area contributed by atoms with Crippen LogP contribution >= 0.6 is 0 Å². The fourth-order valence-corrected chi connectivity index (χ4v) is 4.41. The summed E-state index contributed by atoms with van der Waals surface area (Å²) < 4.78 is 27.4. The highest BCUT2D eigenvalue weighted by Gasteiger charge is 2.44. The Bertz CT molecular complexity index is 1190. The number of rotatable bonds is 7. The average Bonchev–Trinajstić information content (AvgIpc) is 3.33. The largest absolute Gasteiger partial charge is 0.493 e. The van der Waals surface area contributed by atoms with Crippen molar-refractivity contribution in [3.8, 4) is 23.0 Å². The van der Waals surface area contributed by atoms with E-state index in [1.165, 1.54) is 19.1 Å². The second-order valence-corrected chi connectivity index (χ2v) is 8.69. The van der Waals surface area contributed by atoms with Crippen molar-refractivity contribution in [2.24, 2.45) is 5.92 Å². The molecule has 0 radical (unpaired) electrons. The van der Waals surface area contributed by atoms with Gasteiger partial charge in [0.25, 0.3) is 0 Å². The van der Waals surface area contributed by atoms with Gasteiger partial charge in [0, 0.05) is 0 Å². The zero-order valence-corrected chi connectivity index (χ0v) is 20.0. The molecule has 2 aromatic carbocycles. The number of methoxy groups -OCH3 is 2. The van der Waals surface area contributed by atoms with Crippen LogP contribution in [0.25, 0.3) is 5.53 Å². The molecular weight excluding hydrogens is 454 g/mol. The first kappa shape index (κ1) is 24.1. The summed E-state index contributed by atoms with van der Waals surface area (Å²) in [7, 11) is 3.02. The highest BCUT2D eigenvalue weighted by Crippen LogP contribution is 2.48. The van der Waals surface area contributed by atoms with E-state index in [4.69, 9.17) is 29.2 Å². The molecule has 2 heterocycles. The second-order valence-electron chi connectivity index (χ2n) is 8.69. The number of benzene rings is 2. The van der Waals surface area contributed by atoms with Crippen molar-refractivity contribution >= 4 is 18.1 Å². The molecule has 184 valence electrons. The quantitative estimate of drug-likeness (QED) is 0.336. The van der Waals surface area contributed by atoms with Gasteiger partial charge < -0.3 is 29.2 Å². The fourth-order valence-electron chi connectivity index (χ4n) is 4.41. The molecule has 0 N–H and O–H groups in total. The van der Waals surface area contributed by atoms with E-state index < -0.39 is 23.8 Å². The molecule has 0 saturated heterocycles. The predicted molar refractivity (Wildman–Crippen MR) is 124 cm³/mol. The first-order valence-electron chi connectivity index (χ1n) is 11.2. The number of nitrogens with zero attached hydrogens (tertiary/aromatic N) is 3. The maximum Gasteiger partial charge on any atom is 0.410 e. The summed E-state index contributed by atoms with van der Waals surface area (Å²) in [6, 6.07) is 7.95. The highest BCUT2D eigenvalue weighted by molar-refractivity contribution is 6.28. The maximum absolute atomic E-state index is 13.4. The van der Waals surface area contributed by atoms with Crippen LogP contribution in [-0.2, 0) is 16.1 Å². The van der Waals surface area contributed by atoms with Crippen LogP contribution in [0.2, 0.25) is 0 Å². The molecule has 2 aromatic rings. The van der Waals surface area contributed by atoms with Gasteiger partial charge in [-0.2, -0.15) is 4.79 Å². The van der Waals surface area contributed by atoms with Crippen molar-refractivity contribution in [2.45, 2.75) is 32.4 Å². The van der Waals surface area contributed by atoms with Gasteiger partial charge in [0.2, 0.25) is 12.6 Å². The lowest BCUT2D eigenvalue weighted by Crippen LogP contribution is -2.44. The van der Waals surface area contributed by atoms with Gasteiger partial charge in [-0.15, -0.1) is 0 Å². The molecule has 0 aliphatic carbocycles. The number of fused-ring (bicyclic) bond motifs is 2. The Morgan fingerprint density at radius 3 is 2.54 bits per heavy atom. The van der Waals surface area contributed by atoms with Crippen molar-refractivity contribution in [3.05, 3.63) is 52.6 Å². The molecule has 2 aliphatic heterocycles.